The Labute approximate surface area is 171 Å². The maximum atomic E-state index is 13.1. The minimum atomic E-state index is 0.0120. The van der Waals surface area contributed by atoms with Crippen LogP contribution in [0.5, 0.6) is 0 Å². The lowest BCUT2D eigenvalue weighted by Gasteiger charge is -2.34. The summed E-state index contributed by atoms with van der Waals surface area (Å²) in [5.74, 6) is 0.0120. The molecular weight excluding hydrogens is 364 g/mol. The number of nitrogens with zero attached hydrogens (tertiary/aromatic N) is 6. The lowest BCUT2D eigenvalue weighted by molar-refractivity contribution is 0.0630. The van der Waals surface area contributed by atoms with Crippen molar-refractivity contribution in [3.8, 4) is 11.4 Å². The van der Waals surface area contributed by atoms with E-state index in [1.54, 1.807) is 6.20 Å². The number of fused-ring (bicyclic) bond motifs is 1. The van der Waals surface area contributed by atoms with Gasteiger partial charge in [0, 0.05) is 44.1 Å². The summed E-state index contributed by atoms with van der Waals surface area (Å²) in [5, 5.41) is 4.67. The fourth-order valence-electron chi connectivity index (χ4n) is 3.76. The molecule has 1 aliphatic heterocycles. The fourth-order valence-corrected chi connectivity index (χ4v) is 3.76. The number of aryl methyl sites for hydroxylation is 1. The molecule has 0 saturated carbocycles. The molecule has 152 valence electrons. The van der Waals surface area contributed by atoms with Crippen molar-refractivity contribution in [1.29, 1.82) is 0 Å². The molecule has 1 amide bonds. The molecule has 1 saturated heterocycles. The van der Waals surface area contributed by atoms with Gasteiger partial charge in [0.25, 0.3) is 5.91 Å². The topological polar surface area (TPSA) is 66.6 Å². The molecule has 4 rings (SSSR count). The highest BCUT2D eigenvalue weighted by molar-refractivity contribution is 5.93. The minimum Gasteiger partial charge on any atom is -0.335 e. The van der Waals surface area contributed by atoms with E-state index in [0.717, 1.165) is 56.2 Å². The van der Waals surface area contributed by atoms with Crippen molar-refractivity contribution in [2.45, 2.75) is 33.1 Å². The predicted molar refractivity (Wildman–Crippen MR) is 113 cm³/mol. The standard InChI is InChI=1S/C22H28N6O/c1-3-5-10-26-11-13-27(14-12-26)22(29)20-15-17(4-2)28-21(24-20)16-19(25-28)18-8-6-7-9-23-18/h6-9,15-16H,3-5,10-14H2,1-2H3. The molecule has 0 aliphatic carbocycles. The summed E-state index contributed by atoms with van der Waals surface area (Å²) in [5.41, 5.74) is 3.74. The van der Waals surface area contributed by atoms with E-state index in [2.05, 4.69) is 33.8 Å². The molecule has 0 aromatic carbocycles. The molecule has 0 spiro atoms. The molecule has 0 bridgehead atoms. The van der Waals surface area contributed by atoms with E-state index in [1.807, 2.05) is 39.7 Å². The van der Waals surface area contributed by atoms with E-state index in [1.165, 1.54) is 12.8 Å². The van der Waals surface area contributed by atoms with Gasteiger partial charge in [0.15, 0.2) is 5.65 Å². The zero-order chi connectivity index (χ0) is 20.2. The lowest BCUT2D eigenvalue weighted by Crippen LogP contribution is -2.49. The monoisotopic (exact) mass is 392 g/mol. The third kappa shape index (κ3) is 4.15. The first-order valence-electron chi connectivity index (χ1n) is 10.5. The van der Waals surface area contributed by atoms with Gasteiger partial charge in [-0.3, -0.25) is 14.7 Å². The first-order valence-corrected chi connectivity index (χ1v) is 10.5. The van der Waals surface area contributed by atoms with Crippen LogP contribution < -0.4 is 0 Å². The van der Waals surface area contributed by atoms with E-state index >= 15 is 0 Å². The average molecular weight is 393 g/mol. The molecule has 7 nitrogen and oxygen atoms in total. The zero-order valence-electron chi connectivity index (χ0n) is 17.2. The normalized spacial score (nSPS) is 15.2. The summed E-state index contributed by atoms with van der Waals surface area (Å²) in [4.78, 5) is 26.5. The average Bonchev–Trinajstić information content (AvgIpc) is 3.22. The quantitative estimate of drug-likeness (QED) is 0.645. The molecule has 3 aromatic heterocycles. The molecule has 1 fully saturated rings. The number of carbonyl (C=O) groups is 1. The second-order valence-electron chi connectivity index (χ2n) is 7.49. The van der Waals surface area contributed by atoms with E-state index < -0.39 is 0 Å². The summed E-state index contributed by atoms with van der Waals surface area (Å²) in [6, 6.07) is 9.54. The first kappa shape index (κ1) is 19.5. The Bertz CT molecular complexity index is 976. The largest absolute Gasteiger partial charge is 0.335 e. The van der Waals surface area contributed by atoms with Gasteiger partial charge in [0.05, 0.1) is 5.69 Å². The van der Waals surface area contributed by atoms with Gasteiger partial charge < -0.3 is 4.90 Å². The summed E-state index contributed by atoms with van der Waals surface area (Å²) in [7, 11) is 0. The van der Waals surface area contributed by atoms with Crippen LogP contribution in [0.25, 0.3) is 17.0 Å². The smallest absolute Gasteiger partial charge is 0.272 e. The number of amides is 1. The number of piperazine rings is 1. The highest BCUT2D eigenvalue weighted by atomic mass is 16.2. The van der Waals surface area contributed by atoms with Crippen LogP contribution in [-0.4, -0.2) is 68.0 Å². The van der Waals surface area contributed by atoms with Crippen LogP contribution in [0.15, 0.2) is 36.5 Å². The number of aromatic nitrogens is 4. The molecule has 7 heteroatoms. The molecule has 0 N–H and O–H groups in total. The van der Waals surface area contributed by atoms with Gasteiger partial charge >= 0.3 is 0 Å². The maximum absolute atomic E-state index is 13.1. The van der Waals surface area contributed by atoms with Crippen LogP contribution in [0.4, 0.5) is 0 Å². The molecular formula is C22H28N6O. The van der Waals surface area contributed by atoms with Crippen molar-refractivity contribution in [2.75, 3.05) is 32.7 Å². The van der Waals surface area contributed by atoms with E-state index in [4.69, 9.17) is 0 Å². The van der Waals surface area contributed by atoms with Crippen molar-refractivity contribution >= 4 is 11.6 Å². The van der Waals surface area contributed by atoms with Crippen LogP contribution >= 0.6 is 0 Å². The Morgan fingerprint density at radius 2 is 1.90 bits per heavy atom. The maximum Gasteiger partial charge on any atom is 0.272 e. The van der Waals surface area contributed by atoms with Crippen molar-refractivity contribution in [3.63, 3.8) is 0 Å². The van der Waals surface area contributed by atoms with Gasteiger partial charge in [0.2, 0.25) is 0 Å². The van der Waals surface area contributed by atoms with Crippen LogP contribution in [0.3, 0.4) is 0 Å². The summed E-state index contributed by atoms with van der Waals surface area (Å²) in [6.45, 7) is 8.79. The molecule has 29 heavy (non-hydrogen) atoms. The van der Waals surface area contributed by atoms with Crippen molar-refractivity contribution in [3.05, 3.63) is 47.9 Å². The van der Waals surface area contributed by atoms with Crippen molar-refractivity contribution in [1.82, 2.24) is 29.4 Å². The SMILES string of the molecule is CCCCN1CCN(C(=O)c2cc(CC)n3nc(-c4ccccn4)cc3n2)CC1. The number of pyridine rings is 1. The number of rotatable bonds is 6. The van der Waals surface area contributed by atoms with E-state index in [9.17, 15) is 4.79 Å². The Kier molecular flexibility index (Phi) is 5.85. The molecule has 0 unspecified atom stereocenters. The lowest BCUT2D eigenvalue weighted by atomic mass is 10.2. The fraction of sp³-hybridized carbons (Fsp3) is 0.455. The Morgan fingerprint density at radius 1 is 1.07 bits per heavy atom. The molecule has 4 heterocycles. The summed E-state index contributed by atoms with van der Waals surface area (Å²) in [6.07, 6.45) is 4.94. The van der Waals surface area contributed by atoms with Crippen molar-refractivity contribution < 1.29 is 4.79 Å². The van der Waals surface area contributed by atoms with E-state index in [0.29, 0.717) is 11.3 Å². The van der Waals surface area contributed by atoms with Gasteiger partial charge in [0.1, 0.15) is 11.4 Å². The highest BCUT2D eigenvalue weighted by Gasteiger charge is 2.24. The van der Waals surface area contributed by atoms with Gasteiger partial charge in [-0.15, -0.1) is 0 Å². The van der Waals surface area contributed by atoms with Crippen molar-refractivity contribution in [2.24, 2.45) is 0 Å². The molecule has 1 aliphatic rings. The number of hydrogen-bond acceptors (Lipinski definition) is 5. The number of carbonyl (C=O) groups excluding carboxylic acids is 1. The Balaban J connectivity index is 1.57. The predicted octanol–water partition coefficient (Wildman–Crippen LogP) is 2.91. The Hall–Kier alpha value is -2.80. The van der Waals surface area contributed by atoms with Crippen LogP contribution in [0.2, 0.25) is 0 Å². The molecule has 0 atom stereocenters. The number of hydrogen-bond donors (Lipinski definition) is 0. The summed E-state index contributed by atoms with van der Waals surface area (Å²) < 4.78 is 1.82. The third-order valence-corrected chi connectivity index (χ3v) is 5.50. The third-order valence-electron chi connectivity index (χ3n) is 5.50. The highest BCUT2D eigenvalue weighted by Crippen LogP contribution is 2.19. The number of unbranched alkanes of at least 4 members (excludes halogenated alkanes) is 1. The first-order chi connectivity index (χ1) is 14.2. The second kappa shape index (κ2) is 8.69. The van der Waals surface area contributed by atoms with Crippen LogP contribution in [-0.2, 0) is 6.42 Å². The van der Waals surface area contributed by atoms with Crippen LogP contribution in [0, 0.1) is 0 Å². The Morgan fingerprint density at radius 3 is 2.59 bits per heavy atom. The molecule has 0 radical (unpaired) electrons. The second-order valence-corrected chi connectivity index (χ2v) is 7.49. The van der Waals surface area contributed by atoms with Gasteiger partial charge in [-0.05, 0) is 37.6 Å². The van der Waals surface area contributed by atoms with Crippen LogP contribution in [0.1, 0.15) is 42.9 Å². The van der Waals surface area contributed by atoms with Gasteiger partial charge in [-0.1, -0.05) is 26.3 Å². The van der Waals surface area contributed by atoms with E-state index in [-0.39, 0.29) is 5.91 Å². The van der Waals surface area contributed by atoms with Gasteiger partial charge in [-0.2, -0.15) is 5.10 Å². The van der Waals surface area contributed by atoms with Gasteiger partial charge in [-0.25, -0.2) is 9.50 Å². The zero-order valence-corrected chi connectivity index (χ0v) is 17.2. The summed E-state index contributed by atoms with van der Waals surface area (Å²) >= 11 is 0. The molecule has 3 aromatic rings. The minimum absolute atomic E-state index is 0.0120.